The number of rotatable bonds is 12. The fourth-order valence-electron chi connectivity index (χ4n) is 5.30. The van der Waals surface area contributed by atoms with Crippen LogP contribution in [0.25, 0.3) is 5.57 Å². The summed E-state index contributed by atoms with van der Waals surface area (Å²) >= 11 is 0. The van der Waals surface area contributed by atoms with Crippen LogP contribution in [0.15, 0.2) is 101 Å². The van der Waals surface area contributed by atoms with Crippen molar-refractivity contribution in [3.05, 3.63) is 107 Å². The number of piperazine rings is 1. The standard InChI is InChI=1S/C26H34FN3O.C12H19F/c1-8-22(23-12-10-11-13-24(23)27)26(20(6)28-9-2)21(7)29-14-15-30(19(5)16-29)25(17-31)18(3)4;1-4-6-7-9-12(13)10-11(3)8-5-2/h8-13,18-19H,2,14-16H2,1,3-7H3;6-7,9-10H,4-5,8H2,1-3H3/b22-8-,26-21-,28-20?;7-6+,11-10+,12-9+. The monoisotopic (exact) mass is 605 g/mol. The van der Waals surface area contributed by atoms with E-state index in [-0.39, 0.29) is 23.6 Å². The van der Waals surface area contributed by atoms with Crippen molar-refractivity contribution in [3.8, 4) is 0 Å². The molecule has 0 bridgehead atoms. The van der Waals surface area contributed by atoms with Crippen molar-refractivity contribution >= 4 is 17.2 Å². The van der Waals surface area contributed by atoms with Gasteiger partial charge in [-0.3, -0.25) is 4.99 Å². The third-order valence-corrected chi connectivity index (χ3v) is 7.45. The average molecular weight is 606 g/mol. The molecule has 240 valence electrons. The third-order valence-electron chi connectivity index (χ3n) is 7.45. The maximum atomic E-state index is 14.7. The summed E-state index contributed by atoms with van der Waals surface area (Å²) in [6, 6.07) is 6.97. The van der Waals surface area contributed by atoms with E-state index in [0.717, 1.165) is 72.7 Å². The van der Waals surface area contributed by atoms with Crippen molar-refractivity contribution in [1.29, 1.82) is 0 Å². The fourth-order valence-corrected chi connectivity index (χ4v) is 5.30. The summed E-state index contributed by atoms with van der Waals surface area (Å²) in [6.45, 7) is 24.1. The first-order valence-electron chi connectivity index (χ1n) is 15.7. The van der Waals surface area contributed by atoms with E-state index in [4.69, 9.17) is 0 Å². The Hall–Kier alpha value is -3.76. The molecule has 1 aliphatic rings. The summed E-state index contributed by atoms with van der Waals surface area (Å²) in [7, 11) is 0. The summed E-state index contributed by atoms with van der Waals surface area (Å²) in [6.07, 6.45) is 13.2. The average Bonchev–Trinajstić information content (AvgIpc) is 2.97. The van der Waals surface area contributed by atoms with Crippen LogP contribution in [-0.4, -0.2) is 47.1 Å². The van der Waals surface area contributed by atoms with Gasteiger partial charge in [0.1, 0.15) is 23.3 Å². The smallest absolute Gasteiger partial charge is 0.146 e. The van der Waals surface area contributed by atoms with Gasteiger partial charge in [0.25, 0.3) is 0 Å². The molecule has 0 N–H and O–H groups in total. The maximum absolute atomic E-state index is 14.7. The predicted molar refractivity (Wildman–Crippen MR) is 185 cm³/mol. The molecule has 0 amide bonds. The molecular formula is C38H53F2N3O. The van der Waals surface area contributed by atoms with Crippen LogP contribution in [0.2, 0.25) is 0 Å². The van der Waals surface area contributed by atoms with E-state index >= 15 is 0 Å². The van der Waals surface area contributed by atoms with E-state index in [1.165, 1.54) is 18.3 Å². The first kappa shape index (κ1) is 38.3. The molecule has 0 saturated carbocycles. The second kappa shape index (κ2) is 20.2. The molecule has 0 spiro atoms. The van der Waals surface area contributed by atoms with Gasteiger partial charge in [0, 0.05) is 60.3 Å². The zero-order valence-electron chi connectivity index (χ0n) is 28.4. The molecular weight excluding hydrogens is 552 g/mol. The van der Waals surface area contributed by atoms with E-state index in [9.17, 15) is 13.6 Å². The molecule has 1 saturated heterocycles. The van der Waals surface area contributed by atoms with Crippen molar-refractivity contribution in [2.24, 2.45) is 10.9 Å². The minimum absolute atomic E-state index is 0.136. The van der Waals surface area contributed by atoms with Crippen LogP contribution < -0.4 is 0 Å². The van der Waals surface area contributed by atoms with Gasteiger partial charge >= 0.3 is 0 Å². The molecule has 1 heterocycles. The van der Waals surface area contributed by atoms with Crippen LogP contribution in [0.5, 0.6) is 0 Å². The topological polar surface area (TPSA) is 35.9 Å². The first-order chi connectivity index (χ1) is 21.0. The van der Waals surface area contributed by atoms with Gasteiger partial charge < -0.3 is 9.80 Å². The molecule has 4 nitrogen and oxygen atoms in total. The highest BCUT2D eigenvalue weighted by atomic mass is 19.1. The van der Waals surface area contributed by atoms with Crippen LogP contribution in [0, 0.1) is 11.7 Å². The highest BCUT2D eigenvalue weighted by Gasteiger charge is 2.29. The van der Waals surface area contributed by atoms with Crippen LogP contribution in [0.4, 0.5) is 8.78 Å². The van der Waals surface area contributed by atoms with Crippen LogP contribution >= 0.6 is 0 Å². The summed E-state index contributed by atoms with van der Waals surface area (Å²) in [4.78, 5) is 20.4. The van der Waals surface area contributed by atoms with Crippen LogP contribution in [-0.2, 0) is 4.79 Å². The second-order valence-corrected chi connectivity index (χ2v) is 11.3. The van der Waals surface area contributed by atoms with Gasteiger partial charge in [0.2, 0.25) is 0 Å². The Morgan fingerprint density at radius 3 is 2.39 bits per heavy atom. The quantitative estimate of drug-likeness (QED) is 0.135. The molecule has 0 aliphatic carbocycles. The number of nitrogens with zero attached hydrogens (tertiary/aromatic N) is 3. The second-order valence-electron chi connectivity index (χ2n) is 11.3. The summed E-state index contributed by atoms with van der Waals surface area (Å²) in [5.41, 5.74) is 5.91. The Morgan fingerprint density at radius 2 is 1.86 bits per heavy atom. The normalized spacial score (nSPS) is 17.3. The Kier molecular flexibility index (Phi) is 17.6. The number of aliphatic imine (C=N–C) groups is 1. The highest BCUT2D eigenvalue weighted by molar-refractivity contribution is 6.12. The zero-order valence-corrected chi connectivity index (χ0v) is 28.4. The zero-order chi connectivity index (χ0) is 33.2. The van der Waals surface area contributed by atoms with Gasteiger partial charge in [0.05, 0.1) is 0 Å². The minimum atomic E-state index is -0.261. The van der Waals surface area contributed by atoms with Crippen molar-refractivity contribution in [1.82, 2.24) is 9.80 Å². The molecule has 0 radical (unpaired) electrons. The van der Waals surface area contributed by atoms with Gasteiger partial charge in [0.15, 0.2) is 0 Å². The van der Waals surface area contributed by atoms with E-state index in [1.807, 2.05) is 59.8 Å². The number of halogens is 2. The molecule has 1 atom stereocenters. The summed E-state index contributed by atoms with van der Waals surface area (Å²) in [5, 5.41) is 0. The van der Waals surface area contributed by atoms with Crippen molar-refractivity contribution in [3.63, 3.8) is 0 Å². The van der Waals surface area contributed by atoms with Gasteiger partial charge in [-0.2, -0.15) is 0 Å². The SMILES string of the molecule is C=CN=C(C)C(/C(=C\C)c1ccccc1F)=C(\C)N1CCN(C(=C=O)C(C)C)C(C)C1.CC/C=C/C=C(F)\C=C(/C)CCC. The summed E-state index contributed by atoms with van der Waals surface area (Å²) < 4.78 is 27.7. The first-order valence-corrected chi connectivity index (χ1v) is 15.7. The van der Waals surface area contributed by atoms with E-state index in [0.29, 0.717) is 5.56 Å². The Balaban J connectivity index is 0.000000627. The van der Waals surface area contributed by atoms with Gasteiger partial charge in [-0.1, -0.05) is 82.7 Å². The molecule has 6 heteroatoms. The Labute approximate surface area is 265 Å². The van der Waals surface area contributed by atoms with E-state index in [2.05, 4.69) is 48.1 Å². The molecule has 1 aromatic rings. The molecule has 1 unspecified atom stereocenters. The predicted octanol–water partition coefficient (Wildman–Crippen LogP) is 10.0. The largest absolute Gasteiger partial charge is 0.371 e. The van der Waals surface area contributed by atoms with Crippen LogP contribution in [0.3, 0.4) is 0 Å². The Bertz CT molecular complexity index is 1320. The van der Waals surface area contributed by atoms with Gasteiger partial charge in [-0.05, 0) is 71.3 Å². The van der Waals surface area contributed by atoms with Crippen molar-refractivity contribution in [2.45, 2.75) is 87.6 Å². The number of hydrogen-bond acceptors (Lipinski definition) is 4. The highest BCUT2D eigenvalue weighted by Crippen LogP contribution is 2.32. The lowest BCUT2D eigenvalue weighted by atomic mass is 9.92. The van der Waals surface area contributed by atoms with Gasteiger partial charge in [-0.25, -0.2) is 13.6 Å². The molecule has 2 rings (SSSR count). The molecule has 1 aromatic carbocycles. The number of carbonyl (C=O) groups excluding carboxylic acids is 1. The molecule has 44 heavy (non-hydrogen) atoms. The minimum Gasteiger partial charge on any atom is -0.371 e. The number of hydrogen-bond donors (Lipinski definition) is 0. The molecule has 1 aliphatic heterocycles. The fraction of sp³-hybridized carbons (Fsp3) is 0.447. The molecule has 1 fully saturated rings. The van der Waals surface area contributed by atoms with E-state index < -0.39 is 0 Å². The van der Waals surface area contributed by atoms with Crippen molar-refractivity contribution in [2.75, 3.05) is 19.6 Å². The lowest BCUT2D eigenvalue weighted by Crippen LogP contribution is -2.51. The third kappa shape index (κ3) is 11.7. The molecule has 0 aromatic heterocycles. The lowest BCUT2D eigenvalue weighted by Gasteiger charge is -2.44. The van der Waals surface area contributed by atoms with Crippen LogP contribution in [0.1, 0.15) is 87.1 Å². The van der Waals surface area contributed by atoms with E-state index in [1.54, 1.807) is 24.3 Å². The lowest BCUT2D eigenvalue weighted by molar-refractivity contribution is 0.128. The van der Waals surface area contributed by atoms with Crippen molar-refractivity contribution < 1.29 is 13.6 Å². The number of allylic oxidation sites excluding steroid dienone is 11. The van der Waals surface area contributed by atoms with Gasteiger partial charge in [-0.15, -0.1) is 0 Å². The summed E-state index contributed by atoms with van der Waals surface area (Å²) in [5.74, 6) is 1.86. The Morgan fingerprint density at radius 1 is 1.18 bits per heavy atom. The maximum Gasteiger partial charge on any atom is 0.146 e. The number of benzene rings is 1.